The second-order valence-electron chi connectivity index (χ2n) is 9.24. The molecule has 0 atom stereocenters. The van der Waals surface area contributed by atoms with Crippen LogP contribution >= 0.6 is 11.3 Å². The fourth-order valence-electron chi connectivity index (χ4n) is 4.35. The van der Waals surface area contributed by atoms with Gasteiger partial charge in [0.25, 0.3) is 0 Å². The molecule has 11 heteroatoms. The Hall–Kier alpha value is -4.12. The monoisotopic (exact) mass is 517 g/mol. The third kappa shape index (κ3) is 5.08. The molecule has 1 aromatic carbocycles. The number of thiazole rings is 1. The first kappa shape index (κ1) is 24.6. The van der Waals surface area contributed by atoms with Gasteiger partial charge in [-0.1, -0.05) is 11.3 Å². The zero-order valence-corrected chi connectivity index (χ0v) is 21.4. The fourth-order valence-corrected chi connectivity index (χ4v) is 5.33. The highest BCUT2D eigenvalue weighted by Gasteiger charge is 2.37. The Morgan fingerprint density at radius 3 is 2.43 bits per heavy atom. The van der Waals surface area contributed by atoms with Gasteiger partial charge in [0.05, 0.1) is 15.6 Å². The van der Waals surface area contributed by atoms with Crippen LogP contribution in [0.5, 0.6) is 0 Å². The van der Waals surface area contributed by atoms with Gasteiger partial charge in [0.2, 0.25) is 5.95 Å². The van der Waals surface area contributed by atoms with Gasteiger partial charge >= 0.3 is 12.0 Å². The normalized spacial score (nSPS) is 14.9. The maximum atomic E-state index is 12.1. The molecule has 3 N–H and O–H groups in total. The number of urea groups is 1. The van der Waals surface area contributed by atoms with E-state index >= 15 is 0 Å². The summed E-state index contributed by atoms with van der Waals surface area (Å²) in [5, 5.41) is 15.5. The lowest BCUT2D eigenvalue weighted by molar-refractivity contribution is -0.149. The molecule has 4 heterocycles. The van der Waals surface area contributed by atoms with Crippen LogP contribution in [0, 0.1) is 5.41 Å². The molecule has 1 fully saturated rings. The number of piperidine rings is 1. The van der Waals surface area contributed by atoms with Crippen molar-refractivity contribution in [3.8, 4) is 22.3 Å². The summed E-state index contributed by atoms with van der Waals surface area (Å²) in [6.07, 6.45) is 8.16. The Morgan fingerprint density at radius 1 is 1.08 bits per heavy atom. The Morgan fingerprint density at radius 2 is 1.78 bits per heavy atom. The van der Waals surface area contributed by atoms with Crippen LogP contribution in [-0.2, 0) is 4.79 Å². The maximum Gasteiger partial charge on any atom is 0.321 e. The number of amides is 2. The zero-order chi connectivity index (χ0) is 26.0. The lowest BCUT2D eigenvalue weighted by Gasteiger charge is -2.36. The first-order chi connectivity index (χ1) is 17.9. The SMILES string of the molecule is CCNC(=O)Nc1nc2cc(-c3cnc(N4CCC(C)(C(=O)O)CC4)nc3)cc(-c3ccncc3)c2s1. The van der Waals surface area contributed by atoms with Crippen LogP contribution in [0.1, 0.15) is 26.7 Å². The summed E-state index contributed by atoms with van der Waals surface area (Å²) in [6, 6.07) is 7.63. The second-order valence-corrected chi connectivity index (χ2v) is 10.2. The number of benzene rings is 1. The lowest BCUT2D eigenvalue weighted by Crippen LogP contribution is -2.43. The average molecular weight is 518 g/mol. The van der Waals surface area contributed by atoms with Crippen LogP contribution in [-0.4, -0.2) is 56.7 Å². The minimum atomic E-state index is -0.754. The number of rotatable bonds is 6. The van der Waals surface area contributed by atoms with E-state index in [9.17, 15) is 14.7 Å². The van der Waals surface area contributed by atoms with Crippen LogP contribution in [0.4, 0.5) is 15.9 Å². The van der Waals surface area contributed by atoms with Gasteiger partial charge in [-0.15, -0.1) is 0 Å². The van der Waals surface area contributed by atoms with Crippen LogP contribution in [0.25, 0.3) is 32.5 Å². The lowest BCUT2D eigenvalue weighted by atomic mass is 9.80. The molecule has 0 radical (unpaired) electrons. The summed E-state index contributed by atoms with van der Waals surface area (Å²) in [5.74, 6) is -0.163. The van der Waals surface area contributed by atoms with Crippen molar-refractivity contribution in [2.24, 2.45) is 5.41 Å². The second kappa shape index (κ2) is 10.1. The predicted octanol–water partition coefficient (Wildman–Crippen LogP) is 4.65. The van der Waals surface area contributed by atoms with Crippen molar-refractivity contribution in [3.63, 3.8) is 0 Å². The van der Waals surface area contributed by atoms with Crippen molar-refractivity contribution in [1.29, 1.82) is 0 Å². The summed E-state index contributed by atoms with van der Waals surface area (Å²) in [6.45, 7) is 5.37. The van der Waals surface area contributed by atoms with E-state index in [4.69, 9.17) is 0 Å². The molecule has 1 aliphatic rings. The van der Waals surface area contributed by atoms with E-state index in [2.05, 4.69) is 36.6 Å². The number of aromatic nitrogens is 4. The quantitative estimate of drug-likeness (QED) is 0.337. The van der Waals surface area contributed by atoms with Crippen molar-refractivity contribution >= 4 is 44.6 Å². The summed E-state index contributed by atoms with van der Waals surface area (Å²) in [7, 11) is 0. The van der Waals surface area contributed by atoms with Gasteiger partial charge in [-0.2, -0.15) is 0 Å². The molecule has 0 spiro atoms. The molecule has 3 aromatic heterocycles. The van der Waals surface area contributed by atoms with Gasteiger partial charge in [0.15, 0.2) is 5.13 Å². The van der Waals surface area contributed by atoms with Gasteiger partial charge in [-0.25, -0.2) is 19.7 Å². The Bertz CT molecular complexity index is 1430. The summed E-state index contributed by atoms with van der Waals surface area (Å²) in [5.41, 5.74) is 3.76. The molecule has 10 nitrogen and oxygen atoms in total. The number of aliphatic carboxylic acids is 1. The predicted molar refractivity (Wildman–Crippen MR) is 144 cm³/mol. The number of pyridine rings is 1. The minimum absolute atomic E-state index is 0.294. The number of carboxylic acids is 1. The number of nitrogens with zero attached hydrogens (tertiary/aromatic N) is 5. The van der Waals surface area contributed by atoms with Crippen LogP contribution < -0.4 is 15.5 Å². The van der Waals surface area contributed by atoms with Crippen molar-refractivity contribution in [3.05, 3.63) is 49.1 Å². The van der Waals surface area contributed by atoms with E-state index in [0.717, 1.165) is 32.5 Å². The molecule has 0 unspecified atom stereocenters. The highest BCUT2D eigenvalue weighted by Crippen LogP contribution is 2.39. The van der Waals surface area contributed by atoms with E-state index in [0.29, 0.717) is 43.6 Å². The van der Waals surface area contributed by atoms with Crippen LogP contribution in [0.15, 0.2) is 49.1 Å². The minimum Gasteiger partial charge on any atom is -0.481 e. The van der Waals surface area contributed by atoms with Gasteiger partial charge in [-0.3, -0.25) is 15.1 Å². The standard InChI is InChI=1S/C26H27N7O3S/c1-3-28-24(36)32-25-31-20-13-17(12-19(21(20)37-25)16-4-8-27-9-5-16)18-14-29-23(30-15-18)33-10-6-26(2,7-11-33)22(34)35/h4-5,8-9,12-15H,3,6-7,10-11H2,1-2H3,(H,34,35)(H2,28,31,32,36). The summed E-state index contributed by atoms with van der Waals surface area (Å²) in [4.78, 5) is 43.6. The highest BCUT2D eigenvalue weighted by molar-refractivity contribution is 7.22. The highest BCUT2D eigenvalue weighted by atomic mass is 32.1. The van der Waals surface area contributed by atoms with Crippen molar-refractivity contribution < 1.29 is 14.7 Å². The number of carbonyl (C=O) groups excluding carboxylic acids is 1. The molecule has 1 aliphatic heterocycles. The molecule has 37 heavy (non-hydrogen) atoms. The summed E-state index contributed by atoms with van der Waals surface area (Å²) >= 11 is 1.42. The molecular weight excluding hydrogens is 490 g/mol. The van der Waals surface area contributed by atoms with Crippen molar-refractivity contribution in [2.45, 2.75) is 26.7 Å². The van der Waals surface area contributed by atoms with Gasteiger partial charge < -0.3 is 15.3 Å². The molecule has 2 amide bonds. The van der Waals surface area contributed by atoms with Gasteiger partial charge in [-0.05, 0) is 62.1 Å². The maximum absolute atomic E-state index is 12.1. The molecule has 0 aliphatic carbocycles. The number of nitrogens with one attached hydrogen (secondary N) is 2. The molecule has 0 saturated carbocycles. The topological polar surface area (TPSA) is 133 Å². The van der Waals surface area contributed by atoms with Crippen LogP contribution in [0.3, 0.4) is 0 Å². The van der Waals surface area contributed by atoms with Crippen molar-refractivity contribution in [1.82, 2.24) is 25.3 Å². The Labute approximate surface area is 217 Å². The number of carbonyl (C=O) groups is 2. The Balaban J connectivity index is 1.46. The molecule has 190 valence electrons. The van der Waals surface area contributed by atoms with Crippen LogP contribution in [0.2, 0.25) is 0 Å². The molecule has 1 saturated heterocycles. The fraction of sp³-hybridized carbons (Fsp3) is 0.308. The third-order valence-electron chi connectivity index (χ3n) is 6.68. The molecule has 0 bridgehead atoms. The largest absolute Gasteiger partial charge is 0.481 e. The Kier molecular flexibility index (Phi) is 6.70. The molecular formula is C26H27N7O3S. The summed E-state index contributed by atoms with van der Waals surface area (Å²) < 4.78 is 0.953. The van der Waals surface area contributed by atoms with Gasteiger partial charge in [0, 0.05) is 55.5 Å². The number of hydrogen-bond donors (Lipinski definition) is 3. The van der Waals surface area contributed by atoms with E-state index in [-0.39, 0.29) is 6.03 Å². The number of anilines is 2. The van der Waals surface area contributed by atoms with E-state index in [1.165, 1.54) is 11.3 Å². The van der Waals surface area contributed by atoms with E-state index in [1.54, 1.807) is 31.7 Å². The van der Waals surface area contributed by atoms with E-state index in [1.807, 2.05) is 30.0 Å². The first-order valence-corrected chi connectivity index (χ1v) is 12.9. The van der Waals surface area contributed by atoms with Gasteiger partial charge in [0.1, 0.15) is 0 Å². The zero-order valence-electron chi connectivity index (χ0n) is 20.6. The number of carboxylic acid groups (broad SMARTS) is 1. The van der Waals surface area contributed by atoms with E-state index < -0.39 is 11.4 Å². The molecule has 4 aromatic rings. The first-order valence-electron chi connectivity index (χ1n) is 12.1. The number of hydrogen-bond acceptors (Lipinski definition) is 8. The third-order valence-corrected chi connectivity index (χ3v) is 7.70. The number of fused-ring (bicyclic) bond motifs is 1. The van der Waals surface area contributed by atoms with Crippen molar-refractivity contribution in [2.75, 3.05) is 29.9 Å². The smallest absolute Gasteiger partial charge is 0.321 e. The molecule has 5 rings (SSSR count). The average Bonchev–Trinajstić information content (AvgIpc) is 3.31.